The van der Waals surface area contributed by atoms with Crippen LogP contribution in [0.1, 0.15) is 32.1 Å². The number of aromatic nitrogens is 2. The molecule has 4 aromatic rings. The van der Waals surface area contributed by atoms with Gasteiger partial charge in [-0.05, 0) is 67.9 Å². The van der Waals surface area contributed by atoms with E-state index in [1.165, 1.54) is 0 Å². The van der Waals surface area contributed by atoms with Crippen LogP contribution in [0.5, 0.6) is 5.75 Å². The molecule has 0 aliphatic heterocycles. The molecule has 0 fully saturated rings. The summed E-state index contributed by atoms with van der Waals surface area (Å²) in [5, 5.41) is 1.58. The Kier molecular flexibility index (Phi) is 7.73. The van der Waals surface area contributed by atoms with E-state index < -0.39 is 6.04 Å². The Bertz CT molecular complexity index is 1400. The van der Waals surface area contributed by atoms with Gasteiger partial charge in [-0.15, -0.1) is 0 Å². The molecule has 1 amide bonds. The molecule has 1 aromatic heterocycles. The summed E-state index contributed by atoms with van der Waals surface area (Å²) in [6.07, 6.45) is 0.547. The summed E-state index contributed by atoms with van der Waals surface area (Å²) < 4.78 is 7.26. The van der Waals surface area contributed by atoms with Crippen molar-refractivity contribution in [2.75, 3.05) is 13.2 Å². The van der Waals surface area contributed by atoms with Crippen molar-refractivity contribution in [3.05, 3.63) is 99.0 Å². The molecule has 0 spiro atoms. The fraction of sp³-hybridized carbons (Fsp3) is 0.222. The topological polar surface area (TPSA) is 64.4 Å². The van der Waals surface area contributed by atoms with Crippen molar-refractivity contribution in [1.82, 2.24) is 14.5 Å². The van der Waals surface area contributed by atoms with Gasteiger partial charge in [-0.25, -0.2) is 4.98 Å². The highest BCUT2D eigenvalue weighted by Gasteiger charge is 2.28. The molecular weight excluding hydrogens is 485 g/mol. The highest BCUT2D eigenvalue weighted by molar-refractivity contribution is 6.31. The van der Waals surface area contributed by atoms with Crippen molar-refractivity contribution < 1.29 is 9.53 Å². The molecule has 0 aliphatic rings. The summed E-state index contributed by atoms with van der Waals surface area (Å²) in [7, 11) is 0. The van der Waals surface area contributed by atoms with Crippen LogP contribution in [-0.4, -0.2) is 33.5 Å². The van der Waals surface area contributed by atoms with Gasteiger partial charge in [0.05, 0.1) is 22.6 Å². The summed E-state index contributed by atoms with van der Waals surface area (Å²) in [6.45, 7) is 4.12. The summed E-state index contributed by atoms with van der Waals surface area (Å²) in [6, 6.07) is 20.6. The number of ether oxygens (including phenoxy) is 1. The third-order valence-corrected chi connectivity index (χ3v) is 6.25. The average molecular weight is 510 g/mol. The molecule has 0 saturated heterocycles. The highest BCUT2D eigenvalue weighted by atomic mass is 35.5. The zero-order valence-corrected chi connectivity index (χ0v) is 21.0. The van der Waals surface area contributed by atoms with E-state index >= 15 is 0 Å². The minimum absolute atomic E-state index is 0.152. The van der Waals surface area contributed by atoms with Gasteiger partial charge in [-0.2, -0.15) is 0 Å². The summed E-state index contributed by atoms with van der Waals surface area (Å²) in [5.41, 5.74) is 0.951. The van der Waals surface area contributed by atoms with Crippen LogP contribution in [0.15, 0.2) is 77.6 Å². The van der Waals surface area contributed by atoms with E-state index in [-0.39, 0.29) is 18.1 Å². The SMILES string of the molecule is CCC(c1nc2ccccc2c(=O)n1-c1cccc(Cl)c1)N(CC)C(=O)COc1ccc(Cl)cc1. The molecule has 0 saturated carbocycles. The maximum Gasteiger partial charge on any atom is 0.266 e. The molecule has 1 unspecified atom stereocenters. The predicted octanol–water partition coefficient (Wildman–Crippen LogP) is 6.07. The second-order valence-corrected chi connectivity index (χ2v) is 8.83. The number of rotatable bonds is 8. The van der Waals surface area contributed by atoms with E-state index in [9.17, 15) is 9.59 Å². The maximum absolute atomic E-state index is 13.6. The first-order chi connectivity index (χ1) is 16.9. The Balaban J connectivity index is 1.77. The summed E-state index contributed by atoms with van der Waals surface area (Å²) in [5.74, 6) is 0.807. The van der Waals surface area contributed by atoms with Crippen LogP contribution >= 0.6 is 23.2 Å². The number of hydrogen-bond donors (Lipinski definition) is 0. The smallest absolute Gasteiger partial charge is 0.266 e. The number of hydrogen-bond acceptors (Lipinski definition) is 4. The molecule has 4 rings (SSSR count). The molecule has 35 heavy (non-hydrogen) atoms. The van der Waals surface area contributed by atoms with Crippen molar-refractivity contribution in [3.63, 3.8) is 0 Å². The predicted molar refractivity (Wildman–Crippen MR) is 140 cm³/mol. The molecule has 0 radical (unpaired) electrons. The second-order valence-electron chi connectivity index (χ2n) is 7.95. The van der Waals surface area contributed by atoms with Crippen LogP contribution in [-0.2, 0) is 4.79 Å². The van der Waals surface area contributed by atoms with Crippen molar-refractivity contribution in [2.45, 2.75) is 26.3 Å². The molecule has 0 aliphatic carbocycles. The number of amides is 1. The number of benzene rings is 3. The lowest BCUT2D eigenvalue weighted by atomic mass is 10.1. The van der Waals surface area contributed by atoms with Crippen LogP contribution < -0.4 is 10.3 Å². The van der Waals surface area contributed by atoms with Crippen molar-refractivity contribution in [1.29, 1.82) is 0 Å². The van der Waals surface area contributed by atoms with E-state index in [1.54, 1.807) is 70.1 Å². The fourth-order valence-corrected chi connectivity index (χ4v) is 4.42. The van der Waals surface area contributed by atoms with Gasteiger partial charge in [0, 0.05) is 16.6 Å². The molecule has 1 atom stereocenters. The van der Waals surface area contributed by atoms with E-state index in [4.69, 9.17) is 32.9 Å². The zero-order valence-electron chi connectivity index (χ0n) is 19.4. The summed E-state index contributed by atoms with van der Waals surface area (Å²) in [4.78, 5) is 33.5. The number of para-hydroxylation sites is 1. The molecule has 180 valence electrons. The number of carbonyl (C=O) groups excluding carboxylic acids is 1. The van der Waals surface area contributed by atoms with Crippen LogP contribution in [0.25, 0.3) is 16.6 Å². The lowest BCUT2D eigenvalue weighted by Crippen LogP contribution is -2.40. The van der Waals surface area contributed by atoms with Crippen LogP contribution in [0.2, 0.25) is 10.0 Å². The Morgan fingerprint density at radius 3 is 2.43 bits per heavy atom. The van der Waals surface area contributed by atoms with E-state index in [1.807, 2.05) is 26.0 Å². The standard InChI is InChI=1S/C27H25Cl2N3O3/c1-3-24(31(4-2)25(33)17-35-21-14-12-18(28)13-15-21)26-30-23-11-6-5-10-22(23)27(34)32(26)20-9-7-8-19(29)16-20/h5-16,24H,3-4,17H2,1-2H3. The van der Waals surface area contributed by atoms with E-state index in [0.29, 0.717) is 51.2 Å². The minimum atomic E-state index is -0.461. The quantitative estimate of drug-likeness (QED) is 0.289. The third-order valence-electron chi connectivity index (χ3n) is 5.77. The first-order valence-corrected chi connectivity index (χ1v) is 12.1. The normalized spacial score (nSPS) is 11.9. The van der Waals surface area contributed by atoms with Gasteiger partial charge in [0.2, 0.25) is 0 Å². The van der Waals surface area contributed by atoms with Gasteiger partial charge in [0.1, 0.15) is 11.6 Å². The Hall–Kier alpha value is -3.35. The Morgan fingerprint density at radius 2 is 1.74 bits per heavy atom. The van der Waals surface area contributed by atoms with Gasteiger partial charge < -0.3 is 9.64 Å². The second kappa shape index (κ2) is 10.9. The van der Waals surface area contributed by atoms with Gasteiger partial charge in [0.15, 0.2) is 6.61 Å². The first-order valence-electron chi connectivity index (χ1n) is 11.4. The van der Waals surface area contributed by atoms with Crippen LogP contribution in [0.3, 0.4) is 0 Å². The number of fused-ring (bicyclic) bond motifs is 1. The summed E-state index contributed by atoms with van der Waals surface area (Å²) >= 11 is 12.2. The van der Waals surface area contributed by atoms with Crippen LogP contribution in [0, 0.1) is 0 Å². The van der Waals surface area contributed by atoms with Gasteiger partial charge in [-0.1, -0.05) is 48.3 Å². The van der Waals surface area contributed by atoms with E-state index in [0.717, 1.165) is 0 Å². The lowest BCUT2D eigenvalue weighted by Gasteiger charge is -2.31. The highest BCUT2D eigenvalue weighted by Crippen LogP contribution is 2.27. The average Bonchev–Trinajstić information content (AvgIpc) is 2.86. The van der Waals surface area contributed by atoms with Crippen LogP contribution in [0.4, 0.5) is 0 Å². The zero-order chi connectivity index (χ0) is 24.9. The third kappa shape index (κ3) is 5.34. The number of likely N-dealkylation sites (N-methyl/N-ethyl adjacent to an activating group) is 1. The first kappa shape index (κ1) is 24.8. The number of nitrogens with zero attached hydrogens (tertiary/aromatic N) is 3. The molecule has 0 N–H and O–H groups in total. The fourth-order valence-electron chi connectivity index (χ4n) is 4.11. The molecule has 8 heteroatoms. The monoisotopic (exact) mass is 509 g/mol. The molecular formula is C27H25Cl2N3O3. The molecule has 3 aromatic carbocycles. The largest absolute Gasteiger partial charge is 0.484 e. The van der Waals surface area contributed by atoms with Crippen molar-refractivity contribution in [2.24, 2.45) is 0 Å². The Labute approximate surface area is 213 Å². The number of carbonyl (C=O) groups is 1. The molecule has 1 heterocycles. The van der Waals surface area contributed by atoms with Gasteiger partial charge >= 0.3 is 0 Å². The van der Waals surface area contributed by atoms with Gasteiger partial charge in [-0.3, -0.25) is 14.2 Å². The number of halogens is 2. The molecule has 6 nitrogen and oxygen atoms in total. The van der Waals surface area contributed by atoms with Gasteiger partial charge in [0.25, 0.3) is 11.5 Å². The maximum atomic E-state index is 13.6. The van der Waals surface area contributed by atoms with E-state index in [2.05, 4.69) is 0 Å². The molecule has 0 bridgehead atoms. The lowest BCUT2D eigenvalue weighted by molar-refractivity contribution is -0.136. The Morgan fingerprint density at radius 1 is 1.00 bits per heavy atom. The minimum Gasteiger partial charge on any atom is -0.484 e. The van der Waals surface area contributed by atoms with Crippen molar-refractivity contribution in [3.8, 4) is 11.4 Å². The van der Waals surface area contributed by atoms with Crippen molar-refractivity contribution >= 4 is 40.0 Å².